The zero-order valence-electron chi connectivity index (χ0n) is 14.4. The van der Waals surface area contributed by atoms with Gasteiger partial charge < -0.3 is 14.9 Å². The van der Waals surface area contributed by atoms with Crippen LogP contribution < -0.4 is 10.2 Å². The summed E-state index contributed by atoms with van der Waals surface area (Å²) in [5.74, 6) is 0.0863. The molecule has 0 aromatic heterocycles. The number of amides is 1. The van der Waals surface area contributed by atoms with Gasteiger partial charge in [0.2, 0.25) is 0 Å². The van der Waals surface area contributed by atoms with E-state index >= 15 is 0 Å². The van der Waals surface area contributed by atoms with Crippen LogP contribution in [0.4, 0.5) is 0 Å². The first-order chi connectivity index (χ1) is 13.1. The second kappa shape index (κ2) is 8.53. The van der Waals surface area contributed by atoms with Crippen molar-refractivity contribution >= 4 is 12.1 Å². The van der Waals surface area contributed by atoms with E-state index in [0.717, 1.165) is 5.56 Å². The number of carbonyl (C=O) groups excluding carboxylic acids is 1. The van der Waals surface area contributed by atoms with Gasteiger partial charge in [0.05, 0.1) is 6.21 Å². The number of hydrazone groups is 1. The van der Waals surface area contributed by atoms with Crippen LogP contribution in [-0.2, 0) is 6.61 Å². The zero-order chi connectivity index (χ0) is 19.1. The molecule has 6 heteroatoms. The molecule has 6 nitrogen and oxygen atoms in total. The highest BCUT2D eigenvalue weighted by molar-refractivity contribution is 5.95. The molecule has 0 spiro atoms. The summed E-state index contributed by atoms with van der Waals surface area (Å²) in [6.45, 7) is 0.451. The molecule has 3 aromatic carbocycles. The summed E-state index contributed by atoms with van der Waals surface area (Å²) >= 11 is 0. The van der Waals surface area contributed by atoms with Gasteiger partial charge in [0, 0.05) is 17.2 Å². The third-order valence-corrected chi connectivity index (χ3v) is 3.75. The summed E-state index contributed by atoms with van der Waals surface area (Å²) in [5.41, 5.74) is 4.24. The van der Waals surface area contributed by atoms with Gasteiger partial charge in [-0.15, -0.1) is 0 Å². The van der Waals surface area contributed by atoms with E-state index in [-0.39, 0.29) is 17.4 Å². The van der Waals surface area contributed by atoms with Crippen LogP contribution >= 0.6 is 0 Å². The quantitative estimate of drug-likeness (QED) is 0.463. The molecular formula is C21H18N2O4. The highest BCUT2D eigenvalue weighted by Crippen LogP contribution is 2.20. The number of phenolic OH excluding ortho intramolecular Hbond substituents is 2. The van der Waals surface area contributed by atoms with Crippen molar-refractivity contribution < 1.29 is 19.7 Å². The van der Waals surface area contributed by atoms with Gasteiger partial charge >= 0.3 is 0 Å². The van der Waals surface area contributed by atoms with Crippen LogP contribution in [-0.4, -0.2) is 22.3 Å². The summed E-state index contributed by atoms with van der Waals surface area (Å²) in [5, 5.41) is 22.7. The van der Waals surface area contributed by atoms with Crippen LogP contribution in [0.3, 0.4) is 0 Å². The number of ether oxygens (including phenoxy) is 1. The van der Waals surface area contributed by atoms with Crippen molar-refractivity contribution in [2.24, 2.45) is 5.10 Å². The number of aromatic hydroxyl groups is 2. The van der Waals surface area contributed by atoms with E-state index in [4.69, 9.17) is 4.74 Å². The second-order valence-corrected chi connectivity index (χ2v) is 5.74. The molecule has 0 bridgehead atoms. The Bertz CT molecular complexity index is 938. The van der Waals surface area contributed by atoms with Crippen LogP contribution in [0.5, 0.6) is 17.2 Å². The lowest BCUT2D eigenvalue weighted by Gasteiger charge is -2.07. The highest BCUT2D eigenvalue weighted by atomic mass is 16.5. The normalized spacial score (nSPS) is 10.7. The highest BCUT2D eigenvalue weighted by Gasteiger charge is 2.05. The maximum atomic E-state index is 12.1. The van der Waals surface area contributed by atoms with E-state index in [1.807, 2.05) is 30.3 Å². The molecule has 3 N–H and O–H groups in total. The maximum Gasteiger partial charge on any atom is 0.271 e. The van der Waals surface area contributed by atoms with Gasteiger partial charge in [-0.25, -0.2) is 5.43 Å². The number of hydrogen-bond donors (Lipinski definition) is 3. The number of phenols is 2. The van der Waals surface area contributed by atoms with Crippen LogP contribution in [0.15, 0.2) is 77.9 Å². The molecule has 0 fully saturated rings. The minimum Gasteiger partial charge on any atom is -0.508 e. The van der Waals surface area contributed by atoms with Gasteiger partial charge in [-0.3, -0.25) is 4.79 Å². The third-order valence-electron chi connectivity index (χ3n) is 3.75. The molecule has 1 amide bonds. The topological polar surface area (TPSA) is 91.2 Å². The van der Waals surface area contributed by atoms with E-state index in [0.29, 0.717) is 23.5 Å². The molecule has 0 aliphatic rings. The fourth-order valence-corrected chi connectivity index (χ4v) is 2.31. The Morgan fingerprint density at radius 2 is 1.74 bits per heavy atom. The third kappa shape index (κ3) is 5.09. The largest absolute Gasteiger partial charge is 0.508 e. The minimum atomic E-state index is -0.390. The van der Waals surface area contributed by atoms with E-state index in [1.165, 1.54) is 24.4 Å². The molecular weight excluding hydrogens is 344 g/mol. The van der Waals surface area contributed by atoms with E-state index in [2.05, 4.69) is 10.5 Å². The monoisotopic (exact) mass is 362 g/mol. The number of benzene rings is 3. The minimum absolute atomic E-state index is 0.0525. The van der Waals surface area contributed by atoms with E-state index in [1.54, 1.807) is 24.3 Å². The van der Waals surface area contributed by atoms with Crippen LogP contribution in [0, 0.1) is 0 Å². The first kappa shape index (κ1) is 18.0. The SMILES string of the molecule is O=C(N/N=C/c1ccc(O)cc1O)c1ccc(OCc2ccccc2)cc1. The van der Waals surface area contributed by atoms with Gasteiger partial charge in [0.15, 0.2) is 0 Å². The van der Waals surface area contributed by atoms with E-state index < -0.39 is 0 Å². The predicted molar refractivity (Wildman–Crippen MR) is 102 cm³/mol. The fourth-order valence-electron chi connectivity index (χ4n) is 2.31. The van der Waals surface area contributed by atoms with Crippen molar-refractivity contribution in [3.63, 3.8) is 0 Å². The summed E-state index contributed by atoms with van der Waals surface area (Å²) in [6, 6.07) is 20.6. The number of nitrogens with zero attached hydrogens (tertiary/aromatic N) is 1. The first-order valence-corrected chi connectivity index (χ1v) is 8.24. The lowest BCUT2D eigenvalue weighted by molar-refractivity contribution is 0.0955. The Hall–Kier alpha value is -3.80. The molecule has 0 saturated carbocycles. The molecule has 3 aromatic rings. The van der Waals surface area contributed by atoms with Crippen molar-refractivity contribution in [3.8, 4) is 17.2 Å². The molecule has 136 valence electrons. The summed E-state index contributed by atoms with van der Waals surface area (Å²) < 4.78 is 5.68. The lowest BCUT2D eigenvalue weighted by Crippen LogP contribution is -2.17. The standard InChI is InChI=1S/C21H18N2O4/c24-18-9-6-17(20(25)12-18)13-22-23-21(26)16-7-10-19(11-8-16)27-14-15-4-2-1-3-5-15/h1-13,24-25H,14H2,(H,23,26)/b22-13+. The van der Waals surface area contributed by atoms with Crippen molar-refractivity contribution in [1.82, 2.24) is 5.43 Å². The average molecular weight is 362 g/mol. The molecule has 0 heterocycles. The van der Waals surface area contributed by atoms with Crippen molar-refractivity contribution in [2.45, 2.75) is 6.61 Å². The Kier molecular flexibility index (Phi) is 5.69. The fraction of sp³-hybridized carbons (Fsp3) is 0.0476. The van der Waals surface area contributed by atoms with Gasteiger partial charge in [0.1, 0.15) is 23.9 Å². The Balaban J connectivity index is 1.54. The van der Waals surface area contributed by atoms with Crippen molar-refractivity contribution in [2.75, 3.05) is 0 Å². The smallest absolute Gasteiger partial charge is 0.271 e. The Labute approximate surface area is 156 Å². The Morgan fingerprint density at radius 3 is 2.44 bits per heavy atom. The summed E-state index contributed by atoms with van der Waals surface area (Å²) in [7, 11) is 0. The summed E-state index contributed by atoms with van der Waals surface area (Å²) in [6.07, 6.45) is 1.30. The number of carbonyl (C=O) groups is 1. The maximum absolute atomic E-state index is 12.1. The number of hydrogen-bond acceptors (Lipinski definition) is 5. The molecule has 0 atom stereocenters. The molecule has 0 unspecified atom stereocenters. The van der Waals surface area contributed by atoms with Gasteiger partial charge in [-0.2, -0.15) is 5.10 Å². The Morgan fingerprint density at radius 1 is 1.00 bits per heavy atom. The molecule has 0 aliphatic heterocycles. The zero-order valence-corrected chi connectivity index (χ0v) is 14.4. The van der Waals surface area contributed by atoms with Crippen molar-refractivity contribution in [3.05, 3.63) is 89.5 Å². The van der Waals surface area contributed by atoms with Gasteiger partial charge in [-0.1, -0.05) is 30.3 Å². The lowest BCUT2D eigenvalue weighted by atomic mass is 10.2. The van der Waals surface area contributed by atoms with Gasteiger partial charge in [-0.05, 0) is 42.0 Å². The molecule has 0 aliphatic carbocycles. The second-order valence-electron chi connectivity index (χ2n) is 5.74. The predicted octanol–water partition coefficient (Wildman–Crippen LogP) is 3.44. The first-order valence-electron chi connectivity index (χ1n) is 8.24. The van der Waals surface area contributed by atoms with Crippen molar-refractivity contribution in [1.29, 1.82) is 0 Å². The molecule has 0 radical (unpaired) electrons. The van der Waals surface area contributed by atoms with Crippen LogP contribution in [0.25, 0.3) is 0 Å². The number of rotatable bonds is 6. The van der Waals surface area contributed by atoms with Gasteiger partial charge in [0.25, 0.3) is 5.91 Å². The number of nitrogens with one attached hydrogen (secondary N) is 1. The summed E-state index contributed by atoms with van der Waals surface area (Å²) in [4.78, 5) is 12.1. The van der Waals surface area contributed by atoms with Crippen LogP contribution in [0.2, 0.25) is 0 Å². The average Bonchev–Trinajstić information content (AvgIpc) is 2.69. The molecule has 27 heavy (non-hydrogen) atoms. The van der Waals surface area contributed by atoms with E-state index in [9.17, 15) is 15.0 Å². The van der Waals surface area contributed by atoms with Crippen LogP contribution in [0.1, 0.15) is 21.5 Å². The molecule has 0 saturated heterocycles. The molecule has 3 rings (SSSR count).